The minimum absolute atomic E-state index is 0.0514. The van der Waals surface area contributed by atoms with Crippen molar-refractivity contribution in [2.75, 3.05) is 18.1 Å². The van der Waals surface area contributed by atoms with Crippen LogP contribution in [-0.2, 0) is 0 Å². The molecule has 18 heavy (non-hydrogen) atoms. The number of amidine groups is 1. The first-order valence-corrected chi connectivity index (χ1v) is 5.78. The molecule has 0 saturated carbocycles. The molecule has 0 saturated heterocycles. The standard InChI is InChI=1S/C11H19N5O2/c1-8(2)16(6-3-7-17)11-13-5-4-9(14-11)10(12)15-18/h4-5,8,17-18H,3,6-7H2,1-2H3,(H2,12,15). The highest BCUT2D eigenvalue weighted by molar-refractivity contribution is 5.95. The summed E-state index contributed by atoms with van der Waals surface area (Å²) in [5, 5.41) is 20.4. The highest BCUT2D eigenvalue weighted by atomic mass is 16.4. The average Bonchev–Trinajstić information content (AvgIpc) is 2.38. The predicted molar refractivity (Wildman–Crippen MR) is 68.7 cm³/mol. The van der Waals surface area contributed by atoms with Crippen LogP contribution < -0.4 is 10.6 Å². The van der Waals surface area contributed by atoms with Crippen molar-refractivity contribution < 1.29 is 10.3 Å². The number of aromatic nitrogens is 2. The van der Waals surface area contributed by atoms with E-state index in [0.717, 1.165) is 0 Å². The lowest BCUT2D eigenvalue weighted by Gasteiger charge is -2.26. The van der Waals surface area contributed by atoms with E-state index in [2.05, 4.69) is 15.1 Å². The largest absolute Gasteiger partial charge is 0.409 e. The number of oxime groups is 1. The molecule has 0 bridgehead atoms. The summed E-state index contributed by atoms with van der Waals surface area (Å²) in [6, 6.07) is 1.77. The van der Waals surface area contributed by atoms with E-state index in [4.69, 9.17) is 16.0 Å². The molecule has 7 heteroatoms. The van der Waals surface area contributed by atoms with E-state index in [1.807, 2.05) is 18.7 Å². The molecule has 0 fully saturated rings. The Morgan fingerprint density at radius 2 is 2.28 bits per heavy atom. The smallest absolute Gasteiger partial charge is 0.226 e. The van der Waals surface area contributed by atoms with Crippen LogP contribution in [0, 0.1) is 0 Å². The van der Waals surface area contributed by atoms with Crippen LogP contribution in [0.15, 0.2) is 17.4 Å². The lowest BCUT2D eigenvalue weighted by Crippen LogP contribution is -2.34. The maximum Gasteiger partial charge on any atom is 0.226 e. The summed E-state index contributed by atoms with van der Waals surface area (Å²) in [5.41, 5.74) is 5.86. The van der Waals surface area contributed by atoms with Crippen LogP contribution in [0.4, 0.5) is 5.95 Å². The summed E-state index contributed by atoms with van der Waals surface area (Å²) in [6.45, 7) is 4.78. The summed E-state index contributed by atoms with van der Waals surface area (Å²) in [7, 11) is 0. The van der Waals surface area contributed by atoms with E-state index in [1.165, 1.54) is 0 Å². The fourth-order valence-corrected chi connectivity index (χ4v) is 1.51. The summed E-state index contributed by atoms with van der Waals surface area (Å²) >= 11 is 0. The van der Waals surface area contributed by atoms with Gasteiger partial charge in [-0.25, -0.2) is 9.97 Å². The number of anilines is 1. The Morgan fingerprint density at radius 3 is 2.83 bits per heavy atom. The molecule has 7 nitrogen and oxygen atoms in total. The minimum atomic E-state index is -0.0514. The van der Waals surface area contributed by atoms with Gasteiger partial charge in [0.1, 0.15) is 5.69 Å². The summed E-state index contributed by atoms with van der Waals surface area (Å²) in [4.78, 5) is 10.4. The quantitative estimate of drug-likeness (QED) is 0.288. The van der Waals surface area contributed by atoms with Gasteiger partial charge in [0.05, 0.1) is 0 Å². The number of nitrogens with zero attached hydrogens (tertiary/aromatic N) is 4. The molecule has 1 rings (SSSR count). The second-order valence-electron chi connectivity index (χ2n) is 4.09. The molecular weight excluding hydrogens is 234 g/mol. The molecule has 1 aromatic rings. The molecule has 0 amide bonds. The van der Waals surface area contributed by atoms with Gasteiger partial charge in [0.25, 0.3) is 0 Å². The third kappa shape index (κ3) is 3.56. The highest BCUT2D eigenvalue weighted by Gasteiger charge is 2.14. The molecule has 4 N–H and O–H groups in total. The molecule has 0 spiro atoms. The van der Waals surface area contributed by atoms with Crippen molar-refractivity contribution in [3.8, 4) is 0 Å². The second kappa shape index (κ2) is 6.75. The number of aliphatic hydroxyl groups is 1. The first-order chi connectivity index (χ1) is 8.60. The van der Waals surface area contributed by atoms with Gasteiger partial charge in [-0.05, 0) is 26.3 Å². The summed E-state index contributed by atoms with van der Waals surface area (Å²) < 4.78 is 0. The van der Waals surface area contributed by atoms with Crippen molar-refractivity contribution in [3.63, 3.8) is 0 Å². The van der Waals surface area contributed by atoms with Gasteiger partial charge in [0.2, 0.25) is 5.95 Å². The zero-order chi connectivity index (χ0) is 13.5. The van der Waals surface area contributed by atoms with E-state index in [0.29, 0.717) is 24.6 Å². The molecule has 0 aliphatic heterocycles. The molecule has 0 unspecified atom stereocenters. The molecule has 1 heterocycles. The van der Waals surface area contributed by atoms with Crippen LogP contribution in [-0.4, -0.2) is 45.3 Å². The van der Waals surface area contributed by atoms with Crippen LogP contribution in [0.25, 0.3) is 0 Å². The lowest BCUT2D eigenvalue weighted by atomic mass is 10.3. The molecule has 0 radical (unpaired) electrons. The van der Waals surface area contributed by atoms with Crippen molar-refractivity contribution in [1.29, 1.82) is 0 Å². The Kier molecular flexibility index (Phi) is 5.31. The topological polar surface area (TPSA) is 108 Å². The molecule has 100 valence electrons. The normalized spacial score (nSPS) is 11.9. The third-order valence-corrected chi connectivity index (χ3v) is 2.45. The van der Waals surface area contributed by atoms with Crippen molar-refractivity contribution in [1.82, 2.24) is 9.97 Å². The molecule has 0 atom stereocenters. The third-order valence-electron chi connectivity index (χ3n) is 2.45. The molecule has 1 aromatic heterocycles. The van der Waals surface area contributed by atoms with E-state index in [-0.39, 0.29) is 18.5 Å². The van der Waals surface area contributed by atoms with Crippen LogP contribution in [0.5, 0.6) is 0 Å². The number of hydrogen-bond donors (Lipinski definition) is 3. The second-order valence-corrected chi connectivity index (χ2v) is 4.09. The summed E-state index contributed by atoms with van der Waals surface area (Å²) in [5.74, 6) is 0.451. The van der Waals surface area contributed by atoms with Gasteiger partial charge < -0.3 is 20.9 Å². The van der Waals surface area contributed by atoms with E-state index in [9.17, 15) is 0 Å². The average molecular weight is 253 g/mol. The summed E-state index contributed by atoms with van der Waals surface area (Å²) in [6.07, 6.45) is 2.19. The van der Waals surface area contributed by atoms with Gasteiger partial charge in [-0.2, -0.15) is 0 Å². The van der Waals surface area contributed by atoms with Crippen LogP contribution >= 0.6 is 0 Å². The Labute approximate surface area is 106 Å². The Balaban J connectivity index is 2.98. The van der Waals surface area contributed by atoms with Gasteiger partial charge in [-0.1, -0.05) is 5.16 Å². The first-order valence-electron chi connectivity index (χ1n) is 5.78. The van der Waals surface area contributed by atoms with E-state index < -0.39 is 0 Å². The number of nitrogens with two attached hydrogens (primary N) is 1. The zero-order valence-electron chi connectivity index (χ0n) is 10.6. The van der Waals surface area contributed by atoms with Gasteiger partial charge in [0.15, 0.2) is 5.84 Å². The monoisotopic (exact) mass is 253 g/mol. The maximum absolute atomic E-state index is 8.89. The lowest BCUT2D eigenvalue weighted by molar-refractivity contribution is 0.288. The van der Waals surface area contributed by atoms with Gasteiger partial charge in [-0.15, -0.1) is 0 Å². The minimum Gasteiger partial charge on any atom is -0.409 e. The zero-order valence-corrected chi connectivity index (χ0v) is 10.6. The Morgan fingerprint density at radius 1 is 1.56 bits per heavy atom. The fourth-order valence-electron chi connectivity index (χ4n) is 1.51. The van der Waals surface area contributed by atoms with Crippen LogP contribution in [0.1, 0.15) is 26.0 Å². The molecule has 0 aliphatic rings. The van der Waals surface area contributed by atoms with Crippen LogP contribution in [0.3, 0.4) is 0 Å². The molecular formula is C11H19N5O2. The van der Waals surface area contributed by atoms with Crippen molar-refractivity contribution in [3.05, 3.63) is 18.0 Å². The SMILES string of the molecule is CC(C)N(CCCO)c1nccc(/C(N)=N/O)n1. The van der Waals surface area contributed by atoms with Gasteiger partial charge in [0, 0.05) is 25.4 Å². The highest BCUT2D eigenvalue weighted by Crippen LogP contribution is 2.12. The molecule has 0 aliphatic carbocycles. The Hall–Kier alpha value is -1.89. The maximum atomic E-state index is 8.89. The van der Waals surface area contributed by atoms with E-state index in [1.54, 1.807) is 12.3 Å². The Bertz CT molecular complexity index is 408. The number of aliphatic hydroxyl groups excluding tert-OH is 1. The van der Waals surface area contributed by atoms with Gasteiger partial charge >= 0.3 is 0 Å². The van der Waals surface area contributed by atoms with Crippen LogP contribution in [0.2, 0.25) is 0 Å². The van der Waals surface area contributed by atoms with Crippen molar-refractivity contribution in [2.45, 2.75) is 26.3 Å². The number of rotatable bonds is 6. The van der Waals surface area contributed by atoms with Crippen molar-refractivity contribution in [2.24, 2.45) is 10.9 Å². The number of hydrogen-bond acceptors (Lipinski definition) is 6. The van der Waals surface area contributed by atoms with E-state index >= 15 is 0 Å². The van der Waals surface area contributed by atoms with Crippen molar-refractivity contribution >= 4 is 11.8 Å². The predicted octanol–water partition coefficient (Wildman–Crippen LogP) is 0.168. The fraction of sp³-hybridized carbons (Fsp3) is 0.545. The molecule has 0 aromatic carbocycles. The first kappa shape index (κ1) is 14.2. The van der Waals surface area contributed by atoms with Gasteiger partial charge in [-0.3, -0.25) is 0 Å².